The average molecular weight is 248 g/mol. The number of nitrogens with zero attached hydrogens (tertiary/aromatic N) is 1. The van der Waals surface area contributed by atoms with Gasteiger partial charge in [0.15, 0.2) is 0 Å². The predicted octanol–water partition coefficient (Wildman–Crippen LogP) is 3.07. The first kappa shape index (κ1) is 15.2. The van der Waals surface area contributed by atoms with Gasteiger partial charge in [-0.15, -0.1) is 0 Å². The standard InChI is InChI=1S/C16H28N2/c1-4-6-13-18(3)14-16-9-7-15(8-10-16)11-12-17-5-2/h7-10,17H,4-6,11-14H2,1-3H3. The van der Waals surface area contributed by atoms with E-state index in [-0.39, 0.29) is 0 Å². The van der Waals surface area contributed by atoms with Crippen molar-refractivity contribution in [2.75, 3.05) is 26.7 Å². The molecular weight excluding hydrogens is 220 g/mol. The number of hydrogen-bond donors (Lipinski definition) is 1. The van der Waals surface area contributed by atoms with E-state index in [9.17, 15) is 0 Å². The van der Waals surface area contributed by atoms with E-state index in [1.807, 2.05) is 0 Å². The molecule has 0 bridgehead atoms. The highest BCUT2D eigenvalue weighted by Crippen LogP contribution is 2.07. The largest absolute Gasteiger partial charge is 0.317 e. The normalized spacial score (nSPS) is 11.1. The van der Waals surface area contributed by atoms with Crippen molar-refractivity contribution in [1.29, 1.82) is 0 Å². The zero-order valence-corrected chi connectivity index (χ0v) is 12.2. The highest BCUT2D eigenvalue weighted by Gasteiger charge is 2.00. The van der Waals surface area contributed by atoms with Crippen LogP contribution in [0.3, 0.4) is 0 Å². The van der Waals surface area contributed by atoms with Crippen molar-refractivity contribution in [3.8, 4) is 0 Å². The maximum Gasteiger partial charge on any atom is 0.0230 e. The highest BCUT2D eigenvalue weighted by atomic mass is 15.1. The molecule has 1 rings (SSSR count). The van der Waals surface area contributed by atoms with Crippen LogP contribution in [0.2, 0.25) is 0 Å². The Balaban J connectivity index is 2.35. The number of likely N-dealkylation sites (N-methyl/N-ethyl adjacent to an activating group) is 1. The third-order valence-electron chi connectivity index (χ3n) is 3.21. The topological polar surface area (TPSA) is 15.3 Å². The van der Waals surface area contributed by atoms with Gasteiger partial charge in [-0.1, -0.05) is 44.5 Å². The number of unbranched alkanes of at least 4 members (excludes halogenated alkanes) is 1. The third-order valence-corrected chi connectivity index (χ3v) is 3.21. The number of rotatable bonds is 9. The maximum atomic E-state index is 3.36. The van der Waals surface area contributed by atoms with Crippen LogP contribution in [0.5, 0.6) is 0 Å². The molecule has 2 heteroatoms. The summed E-state index contributed by atoms with van der Waals surface area (Å²) in [6.45, 7) is 8.78. The summed E-state index contributed by atoms with van der Waals surface area (Å²) < 4.78 is 0. The predicted molar refractivity (Wildman–Crippen MR) is 79.9 cm³/mol. The van der Waals surface area contributed by atoms with Gasteiger partial charge in [0.2, 0.25) is 0 Å². The lowest BCUT2D eigenvalue weighted by molar-refractivity contribution is 0.321. The van der Waals surface area contributed by atoms with Crippen LogP contribution in [0.15, 0.2) is 24.3 Å². The Labute approximate surface area is 112 Å². The van der Waals surface area contributed by atoms with Crippen molar-refractivity contribution >= 4 is 0 Å². The molecular formula is C16H28N2. The van der Waals surface area contributed by atoms with E-state index in [4.69, 9.17) is 0 Å². The minimum atomic E-state index is 1.06. The Morgan fingerprint density at radius 1 is 1.06 bits per heavy atom. The molecule has 102 valence electrons. The SMILES string of the molecule is CCCCN(C)Cc1ccc(CCNCC)cc1. The molecule has 0 aliphatic rings. The van der Waals surface area contributed by atoms with Gasteiger partial charge in [-0.2, -0.15) is 0 Å². The van der Waals surface area contributed by atoms with E-state index in [0.29, 0.717) is 0 Å². The van der Waals surface area contributed by atoms with Gasteiger partial charge in [0.25, 0.3) is 0 Å². The molecule has 0 amide bonds. The molecule has 0 fully saturated rings. The molecule has 0 aromatic heterocycles. The van der Waals surface area contributed by atoms with Crippen LogP contribution < -0.4 is 5.32 Å². The van der Waals surface area contributed by atoms with E-state index in [1.54, 1.807) is 0 Å². The van der Waals surface area contributed by atoms with Crippen LogP contribution >= 0.6 is 0 Å². The second kappa shape index (κ2) is 9.12. The van der Waals surface area contributed by atoms with E-state index in [2.05, 4.69) is 55.4 Å². The van der Waals surface area contributed by atoms with Crippen molar-refractivity contribution in [2.45, 2.75) is 39.7 Å². The highest BCUT2D eigenvalue weighted by molar-refractivity contribution is 5.22. The second-order valence-corrected chi connectivity index (χ2v) is 5.01. The minimum Gasteiger partial charge on any atom is -0.317 e. The van der Waals surface area contributed by atoms with Gasteiger partial charge >= 0.3 is 0 Å². The van der Waals surface area contributed by atoms with Crippen LogP contribution in [-0.2, 0) is 13.0 Å². The van der Waals surface area contributed by atoms with Gasteiger partial charge in [0.1, 0.15) is 0 Å². The molecule has 0 saturated carbocycles. The molecule has 0 unspecified atom stereocenters. The molecule has 0 aliphatic carbocycles. The Kier molecular flexibility index (Phi) is 7.70. The third kappa shape index (κ3) is 6.18. The molecule has 1 aromatic carbocycles. The van der Waals surface area contributed by atoms with Gasteiger partial charge in [0.05, 0.1) is 0 Å². The Morgan fingerprint density at radius 2 is 1.72 bits per heavy atom. The van der Waals surface area contributed by atoms with Gasteiger partial charge < -0.3 is 10.2 Å². The van der Waals surface area contributed by atoms with E-state index in [0.717, 1.165) is 26.1 Å². The molecule has 18 heavy (non-hydrogen) atoms. The Bertz CT molecular complexity index is 305. The van der Waals surface area contributed by atoms with Crippen molar-refractivity contribution in [3.63, 3.8) is 0 Å². The summed E-state index contributed by atoms with van der Waals surface area (Å²) in [5.74, 6) is 0. The molecule has 2 nitrogen and oxygen atoms in total. The summed E-state index contributed by atoms with van der Waals surface area (Å²) in [6, 6.07) is 9.06. The number of hydrogen-bond acceptors (Lipinski definition) is 2. The summed E-state index contributed by atoms with van der Waals surface area (Å²) in [4.78, 5) is 2.40. The average Bonchev–Trinajstić information content (AvgIpc) is 2.39. The summed E-state index contributed by atoms with van der Waals surface area (Å²) >= 11 is 0. The summed E-state index contributed by atoms with van der Waals surface area (Å²) in [5, 5.41) is 3.36. The summed E-state index contributed by atoms with van der Waals surface area (Å²) in [6.07, 6.45) is 3.69. The van der Waals surface area contributed by atoms with Crippen LogP contribution in [0.1, 0.15) is 37.8 Å². The zero-order chi connectivity index (χ0) is 13.2. The maximum absolute atomic E-state index is 3.36. The lowest BCUT2D eigenvalue weighted by Gasteiger charge is -2.16. The minimum absolute atomic E-state index is 1.06. The summed E-state index contributed by atoms with van der Waals surface area (Å²) in [5.41, 5.74) is 2.84. The lowest BCUT2D eigenvalue weighted by Crippen LogP contribution is -2.19. The van der Waals surface area contributed by atoms with Crippen LogP contribution in [0.4, 0.5) is 0 Å². The molecule has 0 saturated heterocycles. The summed E-state index contributed by atoms with van der Waals surface area (Å²) in [7, 11) is 2.20. The van der Waals surface area contributed by atoms with Gasteiger partial charge in [0, 0.05) is 6.54 Å². The molecule has 0 radical (unpaired) electrons. The van der Waals surface area contributed by atoms with Crippen molar-refractivity contribution in [1.82, 2.24) is 10.2 Å². The van der Waals surface area contributed by atoms with E-state index >= 15 is 0 Å². The van der Waals surface area contributed by atoms with E-state index in [1.165, 1.54) is 30.5 Å². The first-order chi connectivity index (χ1) is 8.76. The number of nitrogens with one attached hydrogen (secondary N) is 1. The van der Waals surface area contributed by atoms with Crippen LogP contribution in [0.25, 0.3) is 0 Å². The molecule has 0 aliphatic heterocycles. The fourth-order valence-corrected chi connectivity index (χ4v) is 2.04. The second-order valence-electron chi connectivity index (χ2n) is 5.01. The van der Waals surface area contributed by atoms with Crippen molar-refractivity contribution in [3.05, 3.63) is 35.4 Å². The van der Waals surface area contributed by atoms with Gasteiger partial charge in [-0.3, -0.25) is 0 Å². The van der Waals surface area contributed by atoms with Crippen LogP contribution in [0, 0.1) is 0 Å². The Morgan fingerprint density at radius 3 is 2.33 bits per heavy atom. The molecule has 1 N–H and O–H groups in total. The molecule has 0 atom stereocenters. The van der Waals surface area contributed by atoms with Gasteiger partial charge in [-0.05, 0) is 50.7 Å². The molecule has 0 spiro atoms. The molecule has 0 heterocycles. The number of benzene rings is 1. The van der Waals surface area contributed by atoms with Crippen molar-refractivity contribution in [2.24, 2.45) is 0 Å². The molecule has 1 aromatic rings. The fourth-order valence-electron chi connectivity index (χ4n) is 2.04. The monoisotopic (exact) mass is 248 g/mol. The fraction of sp³-hybridized carbons (Fsp3) is 0.625. The van der Waals surface area contributed by atoms with Gasteiger partial charge in [-0.25, -0.2) is 0 Å². The van der Waals surface area contributed by atoms with Crippen molar-refractivity contribution < 1.29 is 0 Å². The zero-order valence-electron chi connectivity index (χ0n) is 12.2. The van der Waals surface area contributed by atoms with E-state index < -0.39 is 0 Å². The Hall–Kier alpha value is -0.860. The smallest absolute Gasteiger partial charge is 0.0230 e. The lowest BCUT2D eigenvalue weighted by atomic mass is 10.1. The first-order valence-corrected chi connectivity index (χ1v) is 7.23. The van der Waals surface area contributed by atoms with Crippen LogP contribution in [-0.4, -0.2) is 31.6 Å². The first-order valence-electron chi connectivity index (χ1n) is 7.23. The quantitative estimate of drug-likeness (QED) is 0.676.